The average Bonchev–Trinajstić information content (AvgIpc) is 2.06. The summed E-state index contributed by atoms with van der Waals surface area (Å²) in [6, 6.07) is 0. The summed E-state index contributed by atoms with van der Waals surface area (Å²) in [6.45, 7) is 6.96. The highest BCUT2D eigenvalue weighted by atomic mass is 16.5. The van der Waals surface area contributed by atoms with Crippen LogP contribution in [0.3, 0.4) is 0 Å². The van der Waals surface area contributed by atoms with Crippen molar-refractivity contribution in [3.8, 4) is 0 Å². The maximum atomic E-state index is 11.3. The molecule has 0 radical (unpaired) electrons. The van der Waals surface area contributed by atoms with Gasteiger partial charge in [-0.2, -0.15) is 0 Å². The van der Waals surface area contributed by atoms with Gasteiger partial charge in [-0.25, -0.2) is 4.74 Å². The number of nitrogens with zero attached hydrogens (tertiary/aromatic N) is 1. The smallest absolute Gasteiger partial charge is 0.232 e. The van der Waals surface area contributed by atoms with Crippen LogP contribution in [0.25, 0.3) is 0 Å². The summed E-state index contributed by atoms with van der Waals surface area (Å²) in [5.41, 5.74) is -0.219. The van der Waals surface area contributed by atoms with Gasteiger partial charge in [0.25, 0.3) is 0 Å². The normalized spacial score (nSPS) is 29.8. The van der Waals surface area contributed by atoms with Crippen molar-refractivity contribution in [1.29, 1.82) is 0 Å². The Kier molecular flexibility index (Phi) is 1.54. The van der Waals surface area contributed by atoms with Gasteiger partial charge in [0.15, 0.2) is 5.54 Å². The Hall–Kier alpha value is -0.860. The van der Waals surface area contributed by atoms with Crippen molar-refractivity contribution in [2.45, 2.75) is 33.2 Å². The molecule has 0 aromatic rings. The fourth-order valence-electron chi connectivity index (χ4n) is 1.34. The summed E-state index contributed by atoms with van der Waals surface area (Å²) in [6.07, 6.45) is 0. The molecule has 0 bridgehead atoms. The molecule has 1 unspecified atom stereocenters. The number of hydrogen-bond donors (Lipinski definition) is 0. The van der Waals surface area contributed by atoms with Crippen molar-refractivity contribution in [1.82, 2.24) is 0 Å². The second-order valence-corrected chi connectivity index (χ2v) is 3.62. The average molecular weight is 155 g/mol. The number of ketones is 1. The van der Waals surface area contributed by atoms with Gasteiger partial charge in [-0.05, 0) is 6.92 Å². The Morgan fingerprint density at radius 1 is 1.55 bits per heavy atom. The van der Waals surface area contributed by atoms with Gasteiger partial charge in [0.05, 0.1) is 5.92 Å². The second-order valence-electron chi connectivity index (χ2n) is 3.62. The van der Waals surface area contributed by atoms with E-state index in [4.69, 9.17) is 0 Å². The molecule has 0 amide bonds. The molecule has 0 fully saturated rings. The number of hydroxylamine groups is 1. The maximum absolute atomic E-state index is 11.3. The summed E-state index contributed by atoms with van der Waals surface area (Å²) in [5.74, 6) is -0.204. The quantitative estimate of drug-likeness (QED) is 0.386. The van der Waals surface area contributed by atoms with Crippen molar-refractivity contribution >= 4 is 11.5 Å². The lowest BCUT2D eigenvalue weighted by atomic mass is 9.89. The highest BCUT2D eigenvalue weighted by Crippen LogP contribution is 2.27. The molecule has 0 spiro atoms. The first-order valence-corrected chi connectivity index (χ1v) is 3.74. The third-order valence-electron chi connectivity index (χ3n) is 2.64. The molecule has 3 heteroatoms. The van der Waals surface area contributed by atoms with Crippen molar-refractivity contribution < 1.29 is 9.53 Å². The monoisotopic (exact) mass is 155 g/mol. The standard InChI is InChI=1S/C8H13NO2/c1-5-7(10)6(2)9(11)8(5,3)4/h5H,1-4H3. The lowest BCUT2D eigenvalue weighted by Crippen LogP contribution is -2.35. The minimum absolute atomic E-state index is 0.0231. The van der Waals surface area contributed by atoms with E-state index >= 15 is 0 Å². The number of rotatable bonds is 0. The van der Waals surface area contributed by atoms with Crippen molar-refractivity contribution in [3.05, 3.63) is 5.21 Å². The molecular weight excluding hydrogens is 142 g/mol. The summed E-state index contributed by atoms with van der Waals surface area (Å²) in [4.78, 5) is 11.3. The van der Waals surface area contributed by atoms with Crippen LogP contribution in [0.2, 0.25) is 0 Å². The molecule has 0 N–H and O–H groups in total. The molecule has 1 atom stereocenters. The van der Waals surface area contributed by atoms with E-state index in [0.29, 0.717) is 5.71 Å². The first-order chi connectivity index (χ1) is 4.89. The Morgan fingerprint density at radius 3 is 2.09 bits per heavy atom. The Balaban J connectivity index is 3.16. The lowest BCUT2D eigenvalue weighted by molar-refractivity contribution is -0.538. The SMILES string of the molecule is CC1=[N+]([O-])C(C)(C)C(C)C1=O. The van der Waals surface area contributed by atoms with E-state index < -0.39 is 5.54 Å². The predicted octanol–water partition coefficient (Wildman–Crippen LogP) is 0.955. The fourth-order valence-corrected chi connectivity index (χ4v) is 1.34. The van der Waals surface area contributed by atoms with Gasteiger partial charge < -0.3 is 5.21 Å². The van der Waals surface area contributed by atoms with Gasteiger partial charge in [-0.3, -0.25) is 4.79 Å². The van der Waals surface area contributed by atoms with Gasteiger partial charge in [0, 0.05) is 20.8 Å². The van der Waals surface area contributed by atoms with E-state index in [1.165, 1.54) is 0 Å². The van der Waals surface area contributed by atoms with Gasteiger partial charge >= 0.3 is 0 Å². The summed E-state index contributed by atoms with van der Waals surface area (Å²) >= 11 is 0. The van der Waals surface area contributed by atoms with Crippen LogP contribution < -0.4 is 0 Å². The van der Waals surface area contributed by atoms with Crippen LogP contribution in [0.15, 0.2) is 0 Å². The number of carbonyl (C=O) groups is 1. The second kappa shape index (κ2) is 2.06. The van der Waals surface area contributed by atoms with Crippen LogP contribution in [-0.2, 0) is 4.79 Å². The highest BCUT2D eigenvalue weighted by molar-refractivity contribution is 6.38. The van der Waals surface area contributed by atoms with E-state index in [1.54, 1.807) is 27.7 Å². The molecule has 0 saturated heterocycles. The van der Waals surface area contributed by atoms with Crippen LogP contribution in [0.1, 0.15) is 27.7 Å². The Bertz CT molecular complexity index is 240. The zero-order valence-corrected chi connectivity index (χ0v) is 7.34. The van der Waals surface area contributed by atoms with Gasteiger partial charge in [-0.15, -0.1) is 0 Å². The largest absolute Gasteiger partial charge is 0.623 e. The minimum Gasteiger partial charge on any atom is -0.623 e. The van der Waals surface area contributed by atoms with Crippen molar-refractivity contribution in [2.24, 2.45) is 5.92 Å². The van der Waals surface area contributed by atoms with Crippen LogP contribution in [0.4, 0.5) is 0 Å². The van der Waals surface area contributed by atoms with Crippen LogP contribution in [-0.4, -0.2) is 21.8 Å². The summed E-state index contributed by atoms with van der Waals surface area (Å²) in [7, 11) is 0. The number of hydrogen-bond acceptors (Lipinski definition) is 2. The minimum atomic E-state index is -0.554. The maximum Gasteiger partial charge on any atom is 0.232 e. The molecule has 11 heavy (non-hydrogen) atoms. The summed E-state index contributed by atoms with van der Waals surface area (Å²) < 4.78 is 0.819. The van der Waals surface area contributed by atoms with Gasteiger partial charge in [0.2, 0.25) is 11.5 Å². The zero-order chi connectivity index (χ0) is 8.81. The third-order valence-corrected chi connectivity index (χ3v) is 2.64. The first kappa shape index (κ1) is 8.24. The van der Waals surface area contributed by atoms with E-state index in [-0.39, 0.29) is 11.7 Å². The van der Waals surface area contributed by atoms with Crippen molar-refractivity contribution in [2.75, 3.05) is 0 Å². The zero-order valence-electron chi connectivity index (χ0n) is 7.34. The van der Waals surface area contributed by atoms with Crippen LogP contribution >= 0.6 is 0 Å². The number of carbonyl (C=O) groups excluding carboxylic acids is 1. The third kappa shape index (κ3) is 0.870. The molecule has 0 aromatic heterocycles. The fraction of sp³-hybridized carbons (Fsp3) is 0.750. The molecule has 0 saturated carbocycles. The lowest BCUT2D eigenvalue weighted by Gasteiger charge is -2.21. The molecule has 0 aliphatic carbocycles. The Labute approximate surface area is 66.3 Å². The first-order valence-electron chi connectivity index (χ1n) is 3.74. The molecule has 1 aliphatic heterocycles. The molecule has 62 valence electrons. The van der Waals surface area contributed by atoms with Crippen LogP contribution in [0, 0.1) is 11.1 Å². The predicted molar refractivity (Wildman–Crippen MR) is 42.6 cm³/mol. The van der Waals surface area contributed by atoms with Gasteiger partial charge in [0.1, 0.15) is 0 Å². The highest BCUT2D eigenvalue weighted by Gasteiger charge is 2.48. The van der Waals surface area contributed by atoms with Gasteiger partial charge in [-0.1, -0.05) is 0 Å². The van der Waals surface area contributed by atoms with E-state index in [0.717, 1.165) is 4.74 Å². The molecule has 1 rings (SSSR count). The van der Waals surface area contributed by atoms with E-state index in [2.05, 4.69) is 0 Å². The number of Topliss-reactive ketones (excluding diaryl/α,β-unsaturated/α-hetero) is 1. The van der Waals surface area contributed by atoms with Crippen LogP contribution in [0.5, 0.6) is 0 Å². The molecule has 0 aromatic carbocycles. The van der Waals surface area contributed by atoms with E-state index in [9.17, 15) is 10.0 Å². The molecule has 1 heterocycles. The van der Waals surface area contributed by atoms with Crippen molar-refractivity contribution in [3.63, 3.8) is 0 Å². The molecular formula is C8H13NO2. The Morgan fingerprint density at radius 2 is 2.00 bits per heavy atom. The topological polar surface area (TPSA) is 43.1 Å². The van der Waals surface area contributed by atoms with E-state index in [1.807, 2.05) is 0 Å². The summed E-state index contributed by atoms with van der Waals surface area (Å²) in [5, 5.41) is 11.3. The molecule has 3 nitrogen and oxygen atoms in total. The molecule has 1 aliphatic rings.